The van der Waals surface area contributed by atoms with Crippen LogP contribution in [0.3, 0.4) is 0 Å². The molecule has 1 N–H and O–H groups in total. The lowest BCUT2D eigenvalue weighted by atomic mass is 9.93. The highest BCUT2D eigenvalue weighted by molar-refractivity contribution is 5.76. The summed E-state index contributed by atoms with van der Waals surface area (Å²) >= 11 is 0. The number of alkyl halides is 3. The molecule has 1 aromatic carbocycles. The fourth-order valence-electron chi connectivity index (χ4n) is 3.45. The second kappa shape index (κ2) is 7.77. The first-order valence-corrected chi connectivity index (χ1v) is 9.08. The van der Waals surface area contributed by atoms with Crippen molar-refractivity contribution in [1.82, 2.24) is 10.2 Å². The van der Waals surface area contributed by atoms with Crippen molar-refractivity contribution < 1.29 is 18.0 Å². The molecule has 0 spiro atoms. The van der Waals surface area contributed by atoms with E-state index in [1.54, 1.807) is 12.1 Å². The molecule has 1 aliphatic heterocycles. The lowest BCUT2D eigenvalue weighted by Crippen LogP contribution is -2.35. The first-order chi connectivity index (χ1) is 11.9. The van der Waals surface area contributed by atoms with Crippen LogP contribution in [0.15, 0.2) is 24.3 Å². The third-order valence-corrected chi connectivity index (χ3v) is 5.01. The van der Waals surface area contributed by atoms with Gasteiger partial charge in [0.1, 0.15) is 0 Å². The smallest absolute Gasteiger partial charge is 0.353 e. The van der Waals surface area contributed by atoms with Crippen LogP contribution in [0.2, 0.25) is 0 Å². The molecule has 3 nitrogen and oxygen atoms in total. The predicted octanol–water partition coefficient (Wildman–Crippen LogP) is 3.98. The summed E-state index contributed by atoms with van der Waals surface area (Å²) in [4.78, 5) is 14.1. The first-order valence-electron chi connectivity index (χ1n) is 9.08. The van der Waals surface area contributed by atoms with Gasteiger partial charge in [-0.05, 0) is 62.3 Å². The average Bonchev–Trinajstić information content (AvgIpc) is 3.37. The van der Waals surface area contributed by atoms with Crippen molar-refractivity contribution in [2.24, 2.45) is 5.92 Å². The highest BCUT2D eigenvalue weighted by Crippen LogP contribution is 2.29. The Balaban J connectivity index is 1.45. The number of hydrogen-bond acceptors (Lipinski definition) is 2. The summed E-state index contributed by atoms with van der Waals surface area (Å²) in [5.41, 5.74) is 0.301. The maximum absolute atomic E-state index is 12.6. The van der Waals surface area contributed by atoms with E-state index in [4.69, 9.17) is 0 Å². The number of nitrogens with zero attached hydrogens (tertiary/aromatic N) is 1. The molecule has 25 heavy (non-hydrogen) atoms. The molecule has 0 aromatic heterocycles. The van der Waals surface area contributed by atoms with Gasteiger partial charge in [-0.25, -0.2) is 0 Å². The summed E-state index contributed by atoms with van der Waals surface area (Å²) in [5, 5.41) is 3.02. The van der Waals surface area contributed by atoms with Gasteiger partial charge in [0, 0.05) is 25.6 Å². The van der Waals surface area contributed by atoms with Crippen molar-refractivity contribution >= 4 is 5.91 Å². The number of rotatable bonds is 6. The Bertz CT molecular complexity index is 581. The zero-order valence-electron chi connectivity index (χ0n) is 14.3. The molecular weight excluding hydrogens is 329 g/mol. The SMILES string of the molecule is O=C(CCC1CCCN(Cc2ccc(C(F)(F)F)cc2)C1)NC1CC1. The third-order valence-electron chi connectivity index (χ3n) is 5.01. The van der Waals surface area contributed by atoms with Crippen LogP contribution in [-0.4, -0.2) is 29.9 Å². The van der Waals surface area contributed by atoms with Gasteiger partial charge in [0.05, 0.1) is 5.56 Å². The number of carbonyl (C=O) groups excluding carboxylic acids is 1. The van der Waals surface area contributed by atoms with Crippen LogP contribution < -0.4 is 5.32 Å². The Morgan fingerprint density at radius 1 is 1.16 bits per heavy atom. The number of benzene rings is 1. The lowest BCUT2D eigenvalue weighted by Gasteiger charge is -2.32. The Morgan fingerprint density at radius 3 is 2.52 bits per heavy atom. The van der Waals surface area contributed by atoms with E-state index in [1.807, 2.05) is 0 Å². The molecule has 1 heterocycles. The normalized spacial score (nSPS) is 22.0. The van der Waals surface area contributed by atoms with Crippen LogP contribution in [0.25, 0.3) is 0 Å². The maximum Gasteiger partial charge on any atom is 0.416 e. The summed E-state index contributed by atoms with van der Waals surface area (Å²) < 4.78 is 37.9. The highest BCUT2D eigenvalue weighted by atomic mass is 19.4. The quantitative estimate of drug-likeness (QED) is 0.838. The zero-order valence-corrected chi connectivity index (χ0v) is 14.3. The highest BCUT2D eigenvalue weighted by Gasteiger charge is 2.30. The minimum atomic E-state index is -4.28. The van der Waals surface area contributed by atoms with Crippen LogP contribution >= 0.6 is 0 Å². The molecule has 1 atom stereocenters. The van der Waals surface area contributed by atoms with Gasteiger partial charge in [0.2, 0.25) is 5.91 Å². The van der Waals surface area contributed by atoms with E-state index in [-0.39, 0.29) is 5.91 Å². The van der Waals surface area contributed by atoms with Gasteiger partial charge in [-0.3, -0.25) is 9.69 Å². The Morgan fingerprint density at radius 2 is 1.88 bits per heavy atom. The number of carbonyl (C=O) groups is 1. The van der Waals surface area contributed by atoms with E-state index >= 15 is 0 Å². The molecule has 1 saturated heterocycles. The predicted molar refractivity (Wildman–Crippen MR) is 89.8 cm³/mol. The second-order valence-corrected chi connectivity index (χ2v) is 7.32. The summed E-state index contributed by atoms with van der Waals surface area (Å²) in [6.45, 7) is 2.55. The average molecular weight is 354 g/mol. The molecule has 1 saturated carbocycles. The van der Waals surface area contributed by atoms with Gasteiger partial charge < -0.3 is 5.32 Å². The topological polar surface area (TPSA) is 32.3 Å². The van der Waals surface area contributed by atoms with Crippen LogP contribution in [-0.2, 0) is 17.5 Å². The number of likely N-dealkylation sites (tertiary alicyclic amines) is 1. The van der Waals surface area contributed by atoms with Gasteiger partial charge in [-0.1, -0.05) is 12.1 Å². The minimum Gasteiger partial charge on any atom is -0.353 e. The lowest BCUT2D eigenvalue weighted by molar-refractivity contribution is -0.137. The monoisotopic (exact) mass is 354 g/mol. The van der Waals surface area contributed by atoms with Gasteiger partial charge in [0.15, 0.2) is 0 Å². The summed E-state index contributed by atoms with van der Waals surface area (Å²) in [6, 6.07) is 5.85. The van der Waals surface area contributed by atoms with Gasteiger partial charge in [-0.2, -0.15) is 13.2 Å². The van der Waals surface area contributed by atoms with Gasteiger partial charge in [0.25, 0.3) is 0 Å². The van der Waals surface area contributed by atoms with Crippen LogP contribution in [0, 0.1) is 5.92 Å². The molecular formula is C19H25F3N2O. The largest absolute Gasteiger partial charge is 0.416 e. The Labute approximate surface area is 146 Å². The van der Waals surface area contributed by atoms with E-state index in [1.165, 1.54) is 0 Å². The van der Waals surface area contributed by atoms with Crippen molar-refractivity contribution in [1.29, 1.82) is 0 Å². The minimum absolute atomic E-state index is 0.155. The molecule has 1 unspecified atom stereocenters. The third kappa shape index (κ3) is 5.73. The van der Waals surface area contributed by atoms with E-state index in [0.29, 0.717) is 24.9 Å². The van der Waals surface area contributed by atoms with Crippen molar-refractivity contribution in [3.05, 3.63) is 35.4 Å². The standard InChI is InChI=1S/C19H25F3N2O/c20-19(21,22)16-6-3-15(4-7-16)13-24-11-1-2-14(12-24)5-10-18(25)23-17-8-9-17/h3-4,6-7,14,17H,1-2,5,8-13H2,(H,23,25). The first kappa shape index (κ1) is 18.2. The molecule has 3 rings (SSSR count). The molecule has 138 valence electrons. The fraction of sp³-hybridized carbons (Fsp3) is 0.632. The number of hydrogen-bond donors (Lipinski definition) is 1. The molecule has 1 amide bonds. The Hall–Kier alpha value is -1.56. The van der Waals surface area contributed by atoms with E-state index in [9.17, 15) is 18.0 Å². The van der Waals surface area contributed by atoms with E-state index in [0.717, 1.165) is 62.9 Å². The van der Waals surface area contributed by atoms with Gasteiger partial charge in [-0.15, -0.1) is 0 Å². The van der Waals surface area contributed by atoms with Crippen molar-refractivity contribution in [3.63, 3.8) is 0 Å². The van der Waals surface area contributed by atoms with E-state index < -0.39 is 11.7 Å². The molecule has 1 aliphatic carbocycles. The van der Waals surface area contributed by atoms with Crippen LogP contribution in [0.1, 0.15) is 49.7 Å². The molecule has 0 radical (unpaired) electrons. The molecule has 1 aromatic rings. The summed E-state index contributed by atoms with van der Waals surface area (Å²) in [7, 11) is 0. The molecule has 0 bridgehead atoms. The molecule has 2 aliphatic rings. The van der Waals surface area contributed by atoms with E-state index in [2.05, 4.69) is 10.2 Å². The van der Waals surface area contributed by atoms with Crippen molar-refractivity contribution in [2.75, 3.05) is 13.1 Å². The summed E-state index contributed by atoms with van der Waals surface area (Å²) in [5.74, 6) is 0.649. The second-order valence-electron chi connectivity index (χ2n) is 7.32. The van der Waals surface area contributed by atoms with Crippen molar-refractivity contribution in [3.8, 4) is 0 Å². The van der Waals surface area contributed by atoms with Crippen LogP contribution in [0.4, 0.5) is 13.2 Å². The number of nitrogens with one attached hydrogen (secondary N) is 1. The van der Waals surface area contributed by atoms with Crippen molar-refractivity contribution in [2.45, 2.75) is 57.3 Å². The zero-order chi connectivity index (χ0) is 17.9. The number of piperidine rings is 1. The number of amides is 1. The number of halogens is 3. The fourth-order valence-corrected chi connectivity index (χ4v) is 3.45. The van der Waals surface area contributed by atoms with Crippen LogP contribution in [0.5, 0.6) is 0 Å². The maximum atomic E-state index is 12.6. The molecule has 2 fully saturated rings. The Kier molecular flexibility index (Phi) is 5.67. The van der Waals surface area contributed by atoms with Gasteiger partial charge >= 0.3 is 6.18 Å². The molecule has 6 heteroatoms. The summed E-state index contributed by atoms with van der Waals surface area (Å²) in [6.07, 6.45) is 1.61.